The standard InChI is InChI=1S/C17H16O4/c1-19-15-8-7-13-9-16(18)20-11-14(13)17(15)21-10-12-5-3-2-4-6-12/h2-8H,9-11H2,1H3/i1D3. The minimum Gasteiger partial charge on any atom is -0.493 e. The Labute approximate surface area is 127 Å². The molecule has 0 amide bonds. The Balaban J connectivity index is 1.93. The van der Waals surface area contributed by atoms with Gasteiger partial charge >= 0.3 is 5.97 Å². The van der Waals surface area contributed by atoms with E-state index in [1.54, 1.807) is 6.07 Å². The average molecular weight is 287 g/mol. The van der Waals surface area contributed by atoms with Crippen molar-refractivity contribution < 1.29 is 23.1 Å². The van der Waals surface area contributed by atoms with Gasteiger partial charge in [-0.15, -0.1) is 0 Å². The molecule has 2 aromatic carbocycles. The van der Waals surface area contributed by atoms with Gasteiger partial charge in [0, 0.05) is 5.56 Å². The van der Waals surface area contributed by atoms with E-state index in [4.69, 9.17) is 18.3 Å². The normalized spacial score (nSPS) is 16.0. The summed E-state index contributed by atoms with van der Waals surface area (Å²) in [4.78, 5) is 11.4. The van der Waals surface area contributed by atoms with Crippen molar-refractivity contribution in [2.75, 3.05) is 7.04 Å². The van der Waals surface area contributed by atoms with Crippen LogP contribution in [0.4, 0.5) is 0 Å². The van der Waals surface area contributed by atoms with Crippen molar-refractivity contribution in [3.05, 3.63) is 59.2 Å². The van der Waals surface area contributed by atoms with E-state index in [0.717, 1.165) is 11.1 Å². The van der Waals surface area contributed by atoms with E-state index in [1.165, 1.54) is 6.07 Å². The zero-order valence-electron chi connectivity index (χ0n) is 14.3. The lowest BCUT2D eigenvalue weighted by molar-refractivity contribution is -0.145. The molecule has 0 saturated heterocycles. The predicted octanol–water partition coefficient (Wildman–Crippen LogP) is 2.87. The zero-order chi connectivity index (χ0) is 17.2. The number of benzene rings is 2. The Bertz CT molecular complexity index is 741. The molecular formula is C17H16O4. The minimum atomic E-state index is -2.59. The number of rotatable bonds is 4. The number of methoxy groups -OCH3 is 1. The molecule has 2 aromatic rings. The summed E-state index contributed by atoms with van der Waals surface area (Å²) in [6.07, 6.45) is 0.130. The second-order valence-electron chi connectivity index (χ2n) is 4.74. The highest BCUT2D eigenvalue weighted by molar-refractivity contribution is 5.76. The summed E-state index contributed by atoms with van der Waals surface area (Å²) in [7, 11) is -2.59. The summed E-state index contributed by atoms with van der Waals surface area (Å²) in [6, 6.07) is 12.7. The highest BCUT2D eigenvalue weighted by Crippen LogP contribution is 2.36. The maximum Gasteiger partial charge on any atom is 0.310 e. The van der Waals surface area contributed by atoms with Crippen LogP contribution in [-0.2, 0) is 29.2 Å². The van der Waals surface area contributed by atoms with Crippen LogP contribution in [-0.4, -0.2) is 13.0 Å². The molecule has 0 N–H and O–H groups in total. The molecule has 0 spiro atoms. The van der Waals surface area contributed by atoms with Crippen LogP contribution < -0.4 is 9.47 Å². The van der Waals surface area contributed by atoms with Crippen molar-refractivity contribution in [1.82, 2.24) is 0 Å². The van der Waals surface area contributed by atoms with Crippen molar-refractivity contribution >= 4 is 5.97 Å². The van der Waals surface area contributed by atoms with Crippen LogP contribution in [0.5, 0.6) is 11.5 Å². The quantitative estimate of drug-likeness (QED) is 0.811. The first kappa shape index (κ1) is 10.3. The van der Waals surface area contributed by atoms with Gasteiger partial charge in [-0.05, 0) is 17.2 Å². The lowest BCUT2D eigenvalue weighted by Gasteiger charge is -2.21. The number of cyclic esters (lactones) is 1. The summed E-state index contributed by atoms with van der Waals surface area (Å²) in [5.74, 6) is 0.101. The third kappa shape index (κ3) is 2.84. The van der Waals surface area contributed by atoms with Gasteiger partial charge in [-0.2, -0.15) is 0 Å². The van der Waals surface area contributed by atoms with E-state index in [-0.39, 0.29) is 31.4 Å². The van der Waals surface area contributed by atoms with E-state index in [1.807, 2.05) is 30.3 Å². The third-order valence-electron chi connectivity index (χ3n) is 3.37. The van der Waals surface area contributed by atoms with E-state index < -0.39 is 7.04 Å². The number of esters is 1. The van der Waals surface area contributed by atoms with Gasteiger partial charge < -0.3 is 14.2 Å². The highest BCUT2D eigenvalue weighted by Gasteiger charge is 2.23. The topological polar surface area (TPSA) is 44.8 Å². The van der Waals surface area contributed by atoms with E-state index in [2.05, 4.69) is 0 Å². The summed E-state index contributed by atoms with van der Waals surface area (Å²) >= 11 is 0. The van der Waals surface area contributed by atoms with Gasteiger partial charge in [0.05, 0.1) is 17.6 Å². The number of carbonyl (C=O) groups excluding carboxylic acids is 1. The van der Waals surface area contributed by atoms with E-state index in [0.29, 0.717) is 11.3 Å². The van der Waals surface area contributed by atoms with Crippen LogP contribution >= 0.6 is 0 Å². The molecule has 0 saturated carbocycles. The minimum absolute atomic E-state index is 0.0382. The van der Waals surface area contributed by atoms with Crippen LogP contribution in [0.3, 0.4) is 0 Å². The molecule has 0 aliphatic carbocycles. The van der Waals surface area contributed by atoms with E-state index in [9.17, 15) is 4.79 Å². The van der Waals surface area contributed by atoms with Gasteiger partial charge in [0.25, 0.3) is 0 Å². The fourth-order valence-corrected chi connectivity index (χ4v) is 2.30. The lowest BCUT2D eigenvalue weighted by Crippen LogP contribution is -2.17. The Kier molecular flexibility index (Phi) is 2.87. The van der Waals surface area contributed by atoms with Gasteiger partial charge in [0.2, 0.25) is 0 Å². The molecular weight excluding hydrogens is 268 g/mol. The van der Waals surface area contributed by atoms with Crippen LogP contribution in [0.2, 0.25) is 0 Å². The van der Waals surface area contributed by atoms with Crippen LogP contribution in [0.25, 0.3) is 0 Å². The Morgan fingerprint density at radius 1 is 1.24 bits per heavy atom. The monoisotopic (exact) mass is 287 g/mol. The fraction of sp³-hybridized carbons (Fsp3) is 0.235. The smallest absolute Gasteiger partial charge is 0.310 e. The second-order valence-corrected chi connectivity index (χ2v) is 4.74. The maximum absolute atomic E-state index is 11.4. The van der Waals surface area contributed by atoms with Gasteiger partial charge in [0.15, 0.2) is 11.5 Å². The molecule has 4 nitrogen and oxygen atoms in total. The molecule has 0 atom stereocenters. The number of hydrogen-bond acceptors (Lipinski definition) is 4. The summed E-state index contributed by atoms with van der Waals surface area (Å²) in [6.45, 7) is 0.291. The number of hydrogen-bond donors (Lipinski definition) is 0. The molecule has 1 heterocycles. The Morgan fingerprint density at radius 3 is 2.90 bits per heavy atom. The molecule has 0 bridgehead atoms. The van der Waals surface area contributed by atoms with Crippen molar-refractivity contribution in [1.29, 1.82) is 0 Å². The summed E-state index contributed by atoms with van der Waals surface area (Å²) in [5.41, 5.74) is 2.34. The van der Waals surface area contributed by atoms with Crippen LogP contribution in [0, 0.1) is 0 Å². The molecule has 0 aromatic heterocycles. The Morgan fingerprint density at radius 2 is 2.10 bits per heavy atom. The molecule has 0 unspecified atom stereocenters. The van der Waals surface area contributed by atoms with Gasteiger partial charge in [0.1, 0.15) is 13.2 Å². The molecule has 0 fully saturated rings. The molecule has 4 heteroatoms. The number of fused-ring (bicyclic) bond motifs is 1. The highest BCUT2D eigenvalue weighted by atomic mass is 16.5. The third-order valence-corrected chi connectivity index (χ3v) is 3.37. The summed E-state index contributed by atoms with van der Waals surface area (Å²) < 4.78 is 37.9. The zero-order valence-corrected chi connectivity index (χ0v) is 11.3. The first-order valence-electron chi connectivity index (χ1n) is 8.08. The second kappa shape index (κ2) is 5.87. The molecule has 0 radical (unpaired) electrons. The van der Waals surface area contributed by atoms with Crippen LogP contribution in [0.15, 0.2) is 42.5 Å². The van der Waals surface area contributed by atoms with Gasteiger partial charge in [-0.3, -0.25) is 4.79 Å². The molecule has 1 aliphatic rings. The summed E-state index contributed by atoms with van der Waals surface area (Å²) in [5, 5.41) is 0. The van der Waals surface area contributed by atoms with Crippen molar-refractivity contribution in [2.24, 2.45) is 0 Å². The van der Waals surface area contributed by atoms with Gasteiger partial charge in [-0.25, -0.2) is 0 Å². The maximum atomic E-state index is 11.4. The number of carbonyl (C=O) groups is 1. The van der Waals surface area contributed by atoms with Crippen molar-refractivity contribution in [2.45, 2.75) is 19.6 Å². The number of ether oxygens (including phenoxy) is 3. The van der Waals surface area contributed by atoms with Crippen molar-refractivity contribution in [3.63, 3.8) is 0 Å². The lowest BCUT2D eigenvalue weighted by atomic mass is 10.0. The molecule has 3 rings (SSSR count). The molecule has 108 valence electrons. The Hall–Kier alpha value is -2.49. The fourth-order valence-electron chi connectivity index (χ4n) is 2.30. The molecule has 1 aliphatic heterocycles. The predicted molar refractivity (Wildman–Crippen MR) is 77.3 cm³/mol. The molecule has 21 heavy (non-hydrogen) atoms. The first-order chi connectivity index (χ1) is 11.4. The first-order valence-corrected chi connectivity index (χ1v) is 6.58. The van der Waals surface area contributed by atoms with Gasteiger partial charge in [-0.1, -0.05) is 36.4 Å². The SMILES string of the molecule is [2H]C([2H])([2H])Oc1ccc2c(c1OCc1ccccc1)COC(=O)C2. The average Bonchev–Trinajstić information content (AvgIpc) is 2.53. The van der Waals surface area contributed by atoms with Crippen LogP contribution in [0.1, 0.15) is 20.8 Å². The van der Waals surface area contributed by atoms with E-state index >= 15 is 0 Å². The largest absolute Gasteiger partial charge is 0.493 e. The van der Waals surface area contributed by atoms with Crippen molar-refractivity contribution in [3.8, 4) is 11.5 Å².